The molecule has 0 saturated heterocycles. The van der Waals surface area contributed by atoms with Crippen molar-refractivity contribution in [3.05, 3.63) is 52.6 Å². The van der Waals surface area contributed by atoms with Crippen LogP contribution in [0, 0.1) is 13.8 Å². The summed E-state index contributed by atoms with van der Waals surface area (Å²) in [6.07, 6.45) is -2.58. The highest BCUT2D eigenvalue weighted by Crippen LogP contribution is 2.40. The number of nitrogens with two attached hydrogens (primary N) is 1. The Morgan fingerprint density at radius 2 is 1.65 bits per heavy atom. The average Bonchev–Trinajstić information content (AvgIpc) is 2.43. The van der Waals surface area contributed by atoms with Crippen molar-refractivity contribution in [2.45, 2.75) is 39.8 Å². The van der Waals surface area contributed by atoms with Crippen LogP contribution in [0.4, 0.5) is 18.9 Å². The van der Waals surface area contributed by atoms with E-state index in [0.717, 1.165) is 35.6 Å². The summed E-state index contributed by atoms with van der Waals surface area (Å²) in [6, 6.07) is 7.47. The standard InChI is InChI=1S/C18H20F3NO/c1-4-5-13-8-11(2)17(12(3)9-13)23-16-7-6-14(22)10-15(16)18(19,20)21/h6-10H,4-5,22H2,1-3H3. The van der Waals surface area contributed by atoms with Gasteiger partial charge >= 0.3 is 6.18 Å². The first-order valence-corrected chi connectivity index (χ1v) is 7.47. The molecule has 124 valence electrons. The van der Waals surface area contributed by atoms with E-state index in [9.17, 15) is 13.2 Å². The zero-order valence-electron chi connectivity index (χ0n) is 13.4. The van der Waals surface area contributed by atoms with E-state index in [0.29, 0.717) is 5.75 Å². The van der Waals surface area contributed by atoms with E-state index >= 15 is 0 Å². The van der Waals surface area contributed by atoms with Gasteiger partial charge in [-0.15, -0.1) is 0 Å². The van der Waals surface area contributed by atoms with Gasteiger partial charge in [0, 0.05) is 5.69 Å². The number of ether oxygens (including phenoxy) is 1. The predicted octanol–water partition coefficient (Wildman–Crippen LogP) is 5.65. The topological polar surface area (TPSA) is 35.2 Å². The molecule has 2 nitrogen and oxygen atoms in total. The summed E-state index contributed by atoms with van der Waals surface area (Å²) in [7, 11) is 0. The summed E-state index contributed by atoms with van der Waals surface area (Å²) in [5, 5.41) is 0. The van der Waals surface area contributed by atoms with Crippen molar-refractivity contribution in [2.75, 3.05) is 5.73 Å². The van der Waals surface area contributed by atoms with Crippen LogP contribution in [0.15, 0.2) is 30.3 Å². The third-order valence-electron chi connectivity index (χ3n) is 3.58. The lowest BCUT2D eigenvalue weighted by atomic mass is 10.0. The normalized spacial score (nSPS) is 11.6. The monoisotopic (exact) mass is 323 g/mol. The van der Waals surface area contributed by atoms with E-state index in [-0.39, 0.29) is 11.4 Å². The summed E-state index contributed by atoms with van der Waals surface area (Å²) in [6.45, 7) is 5.76. The van der Waals surface area contributed by atoms with Crippen LogP contribution in [0.3, 0.4) is 0 Å². The second-order valence-electron chi connectivity index (χ2n) is 5.66. The molecule has 0 fully saturated rings. The van der Waals surface area contributed by atoms with E-state index in [1.807, 2.05) is 26.0 Å². The molecule has 0 heterocycles. The number of anilines is 1. The highest BCUT2D eigenvalue weighted by Gasteiger charge is 2.35. The molecule has 2 N–H and O–H groups in total. The van der Waals surface area contributed by atoms with E-state index in [2.05, 4.69) is 6.92 Å². The number of hydrogen-bond acceptors (Lipinski definition) is 2. The fourth-order valence-corrected chi connectivity index (χ4v) is 2.60. The van der Waals surface area contributed by atoms with Gasteiger partial charge in [-0.1, -0.05) is 25.5 Å². The van der Waals surface area contributed by atoms with Gasteiger partial charge in [-0.3, -0.25) is 0 Å². The van der Waals surface area contributed by atoms with Crippen LogP contribution >= 0.6 is 0 Å². The molecule has 2 aromatic carbocycles. The zero-order valence-corrected chi connectivity index (χ0v) is 13.4. The predicted molar refractivity (Wildman–Crippen MR) is 85.8 cm³/mol. The molecule has 0 aliphatic carbocycles. The SMILES string of the molecule is CCCc1cc(C)c(Oc2ccc(N)cc2C(F)(F)F)c(C)c1. The molecule has 0 aliphatic heterocycles. The minimum absolute atomic E-state index is 0.0522. The minimum Gasteiger partial charge on any atom is -0.456 e. The Morgan fingerprint density at radius 3 is 2.17 bits per heavy atom. The number of benzene rings is 2. The summed E-state index contributed by atoms with van der Waals surface area (Å²) in [5.74, 6) is 0.223. The van der Waals surface area contributed by atoms with Gasteiger partial charge in [-0.05, 0) is 55.2 Å². The minimum atomic E-state index is -4.52. The Kier molecular flexibility index (Phi) is 4.88. The van der Waals surface area contributed by atoms with Gasteiger partial charge in [-0.2, -0.15) is 13.2 Å². The Labute approximate surface area is 134 Å². The molecule has 0 spiro atoms. The zero-order chi connectivity index (χ0) is 17.2. The molecule has 0 bridgehead atoms. The number of rotatable bonds is 4. The maximum Gasteiger partial charge on any atom is 0.420 e. The number of hydrogen-bond donors (Lipinski definition) is 1. The molecule has 0 atom stereocenters. The molecule has 0 saturated carbocycles. The van der Waals surface area contributed by atoms with Crippen LogP contribution in [-0.4, -0.2) is 0 Å². The fraction of sp³-hybridized carbons (Fsp3) is 0.333. The lowest BCUT2D eigenvalue weighted by Gasteiger charge is -2.18. The fourth-order valence-electron chi connectivity index (χ4n) is 2.60. The smallest absolute Gasteiger partial charge is 0.420 e. The van der Waals surface area contributed by atoms with E-state index in [1.165, 1.54) is 12.1 Å². The molecular formula is C18H20F3NO. The molecule has 0 radical (unpaired) electrons. The maximum atomic E-state index is 13.2. The molecule has 2 aromatic rings. The van der Waals surface area contributed by atoms with Crippen molar-refractivity contribution in [2.24, 2.45) is 0 Å². The van der Waals surface area contributed by atoms with Crippen LogP contribution in [0.5, 0.6) is 11.5 Å². The number of halogens is 3. The highest BCUT2D eigenvalue weighted by atomic mass is 19.4. The van der Waals surface area contributed by atoms with Crippen molar-refractivity contribution in [1.82, 2.24) is 0 Å². The van der Waals surface area contributed by atoms with Crippen molar-refractivity contribution >= 4 is 5.69 Å². The Balaban J connectivity index is 2.44. The average molecular weight is 323 g/mol. The molecule has 0 aliphatic rings. The van der Waals surface area contributed by atoms with Gasteiger partial charge in [0.15, 0.2) is 0 Å². The molecule has 0 amide bonds. The molecule has 0 aromatic heterocycles. The third-order valence-corrected chi connectivity index (χ3v) is 3.58. The van der Waals surface area contributed by atoms with Gasteiger partial charge in [0.05, 0.1) is 0 Å². The molecule has 2 rings (SSSR count). The van der Waals surface area contributed by atoms with E-state index in [4.69, 9.17) is 10.5 Å². The number of nitrogen functional groups attached to an aromatic ring is 1. The van der Waals surface area contributed by atoms with Crippen LogP contribution in [0.1, 0.15) is 35.6 Å². The van der Waals surface area contributed by atoms with E-state index < -0.39 is 11.7 Å². The number of aryl methyl sites for hydroxylation is 3. The first kappa shape index (κ1) is 17.2. The number of alkyl halides is 3. The van der Waals surface area contributed by atoms with Crippen molar-refractivity contribution in [3.63, 3.8) is 0 Å². The van der Waals surface area contributed by atoms with Crippen LogP contribution in [0.25, 0.3) is 0 Å². The maximum absolute atomic E-state index is 13.2. The van der Waals surface area contributed by atoms with Crippen LogP contribution in [-0.2, 0) is 12.6 Å². The molecule has 0 unspecified atom stereocenters. The highest BCUT2D eigenvalue weighted by molar-refractivity contribution is 5.52. The Hall–Kier alpha value is -2.17. The summed E-state index contributed by atoms with van der Waals surface area (Å²) in [5.41, 5.74) is 7.45. The Bertz CT molecular complexity index is 685. The summed E-state index contributed by atoms with van der Waals surface area (Å²) >= 11 is 0. The van der Waals surface area contributed by atoms with Crippen LogP contribution in [0.2, 0.25) is 0 Å². The van der Waals surface area contributed by atoms with Gasteiger partial charge in [0.25, 0.3) is 0 Å². The first-order chi connectivity index (χ1) is 10.7. The van der Waals surface area contributed by atoms with Crippen molar-refractivity contribution < 1.29 is 17.9 Å². The lowest BCUT2D eigenvalue weighted by Crippen LogP contribution is -2.08. The van der Waals surface area contributed by atoms with Gasteiger partial charge < -0.3 is 10.5 Å². The molecular weight excluding hydrogens is 303 g/mol. The summed E-state index contributed by atoms with van der Waals surface area (Å²) < 4.78 is 45.1. The third kappa shape index (κ3) is 3.97. The van der Waals surface area contributed by atoms with Crippen molar-refractivity contribution in [3.8, 4) is 11.5 Å². The van der Waals surface area contributed by atoms with Gasteiger partial charge in [-0.25, -0.2) is 0 Å². The molecule has 23 heavy (non-hydrogen) atoms. The van der Waals surface area contributed by atoms with Crippen molar-refractivity contribution in [1.29, 1.82) is 0 Å². The van der Waals surface area contributed by atoms with Crippen LogP contribution < -0.4 is 10.5 Å². The first-order valence-electron chi connectivity index (χ1n) is 7.47. The largest absolute Gasteiger partial charge is 0.456 e. The molecule has 5 heteroatoms. The Morgan fingerprint density at radius 1 is 1.04 bits per heavy atom. The quantitative estimate of drug-likeness (QED) is 0.738. The van der Waals surface area contributed by atoms with Gasteiger partial charge in [0.1, 0.15) is 17.1 Å². The second kappa shape index (κ2) is 6.52. The lowest BCUT2D eigenvalue weighted by molar-refractivity contribution is -0.138. The van der Waals surface area contributed by atoms with E-state index in [1.54, 1.807) is 0 Å². The summed E-state index contributed by atoms with van der Waals surface area (Å²) in [4.78, 5) is 0. The second-order valence-corrected chi connectivity index (χ2v) is 5.66. The van der Waals surface area contributed by atoms with Gasteiger partial charge in [0.2, 0.25) is 0 Å².